The molecule has 2 aliphatic rings. The first kappa shape index (κ1) is 23.5. The number of carbonyl (C=O) groups excluding carboxylic acids is 1. The van der Waals surface area contributed by atoms with Gasteiger partial charge in [0.25, 0.3) is 0 Å². The zero-order valence-corrected chi connectivity index (χ0v) is 19.6. The van der Waals surface area contributed by atoms with E-state index in [1.807, 2.05) is 41.4 Å². The van der Waals surface area contributed by atoms with Crippen LogP contribution in [0.4, 0.5) is 13.6 Å². The molecule has 2 saturated heterocycles. The Labute approximate surface area is 203 Å². The standard InChI is InChI=1S/C27H30F2N4O2/c28-23-9-8-21(15-24(23)29)25-17-32(26(31-25)20-10-12-30-13-11-20)16-22-7-4-14-33(22)27(34)35-18-19-5-2-1-3-6-19/h1-3,5-6,8-9,15,17,20,22,30H,4,7,10-14,16,18H2. The summed E-state index contributed by atoms with van der Waals surface area (Å²) in [5.41, 5.74) is 2.12. The van der Waals surface area contributed by atoms with Gasteiger partial charge >= 0.3 is 6.09 Å². The van der Waals surface area contributed by atoms with Gasteiger partial charge in [0.1, 0.15) is 12.4 Å². The normalized spacial score (nSPS) is 18.7. The summed E-state index contributed by atoms with van der Waals surface area (Å²) in [7, 11) is 0. The number of benzene rings is 2. The zero-order valence-electron chi connectivity index (χ0n) is 19.6. The fourth-order valence-electron chi connectivity index (χ4n) is 5.07. The molecular formula is C27H30F2N4O2. The van der Waals surface area contributed by atoms with E-state index in [0.717, 1.165) is 56.2 Å². The van der Waals surface area contributed by atoms with Crippen molar-refractivity contribution in [2.75, 3.05) is 19.6 Å². The van der Waals surface area contributed by atoms with Crippen LogP contribution in [0.2, 0.25) is 0 Å². The largest absolute Gasteiger partial charge is 0.445 e. The Bertz CT molecular complexity index is 1160. The lowest BCUT2D eigenvalue weighted by molar-refractivity contribution is 0.0893. The monoisotopic (exact) mass is 480 g/mol. The molecule has 1 atom stereocenters. The maximum absolute atomic E-state index is 13.9. The van der Waals surface area contributed by atoms with E-state index in [1.54, 1.807) is 6.07 Å². The topological polar surface area (TPSA) is 59.4 Å². The summed E-state index contributed by atoms with van der Waals surface area (Å²) in [6, 6.07) is 13.5. The van der Waals surface area contributed by atoms with Gasteiger partial charge in [0, 0.05) is 30.8 Å². The van der Waals surface area contributed by atoms with Gasteiger partial charge in [-0.3, -0.25) is 0 Å². The second kappa shape index (κ2) is 10.6. The van der Waals surface area contributed by atoms with Crippen LogP contribution in [0.25, 0.3) is 11.3 Å². The van der Waals surface area contributed by atoms with Gasteiger partial charge in [-0.25, -0.2) is 18.6 Å². The Kier molecular flexibility index (Phi) is 7.08. The number of hydrogen-bond acceptors (Lipinski definition) is 4. The molecule has 5 rings (SSSR count). The van der Waals surface area contributed by atoms with Crippen LogP contribution >= 0.6 is 0 Å². The average Bonchev–Trinajstić information content (AvgIpc) is 3.53. The van der Waals surface area contributed by atoms with Crippen molar-refractivity contribution in [3.05, 3.63) is 77.8 Å². The number of carbonyl (C=O) groups is 1. The second-order valence-electron chi connectivity index (χ2n) is 9.32. The van der Waals surface area contributed by atoms with Crippen molar-refractivity contribution in [3.63, 3.8) is 0 Å². The number of nitrogens with zero attached hydrogens (tertiary/aromatic N) is 3. The molecule has 0 aliphatic carbocycles. The Morgan fingerprint density at radius 3 is 2.63 bits per heavy atom. The van der Waals surface area contributed by atoms with Crippen LogP contribution in [0.1, 0.15) is 43.0 Å². The Morgan fingerprint density at radius 1 is 1.06 bits per heavy atom. The van der Waals surface area contributed by atoms with Gasteiger partial charge in [-0.15, -0.1) is 0 Å². The molecule has 2 fully saturated rings. The third-order valence-corrected chi connectivity index (χ3v) is 6.95. The van der Waals surface area contributed by atoms with Gasteiger partial charge in [0.2, 0.25) is 0 Å². The number of imidazole rings is 1. The highest BCUT2D eigenvalue weighted by Crippen LogP contribution is 2.30. The summed E-state index contributed by atoms with van der Waals surface area (Å²) in [5, 5.41) is 3.38. The summed E-state index contributed by atoms with van der Waals surface area (Å²) in [5.74, 6) is -0.545. The van der Waals surface area contributed by atoms with E-state index in [9.17, 15) is 13.6 Å². The van der Waals surface area contributed by atoms with E-state index in [1.165, 1.54) is 6.07 Å². The predicted molar refractivity (Wildman–Crippen MR) is 129 cm³/mol. The molecule has 1 aromatic heterocycles. The number of ether oxygens (including phenoxy) is 1. The summed E-state index contributed by atoms with van der Waals surface area (Å²) < 4.78 is 35.1. The summed E-state index contributed by atoms with van der Waals surface area (Å²) >= 11 is 0. The summed E-state index contributed by atoms with van der Waals surface area (Å²) in [6.07, 6.45) is 5.32. The molecule has 1 amide bonds. The number of aromatic nitrogens is 2. The molecule has 2 aromatic carbocycles. The molecular weight excluding hydrogens is 450 g/mol. The molecule has 35 heavy (non-hydrogen) atoms. The minimum absolute atomic E-state index is 0.00857. The molecule has 0 spiro atoms. The Hall–Kier alpha value is -3.26. The van der Waals surface area contributed by atoms with Crippen molar-refractivity contribution >= 4 is 6.09 Å². The fourth-order valence-corrected chi connectivity index (χ4v) is 5.07. The number of amides is 1. The van der Waals surface area contributed by atoms with Gasteiger partial charge in [-0.05, 0) is 62.5 Å². The van der Waals surface area contributed by atoms with Gasteiger partial charge in [0.15, 0.2) is 11.6 Å². The van der Waals surface area contributed by atoms with E-state index >= 15 is 0 Å². The highest BCUT2D eigenvalue weighted by atomic mass is 19.2. The number of nitrogens with one attached hydrogen (secondary N) is 1. The molecule has 0 radical (unpaired) electrons. The number of likely N-dealkylation sites (tertiary alicyclic amines) is 1. The van der Waals surface area contributed by atoms with E-state index in [0.29, 0.717) is 24.3 Å². The third kappa shape index (κ3) is 5.37. The van der Waals surface area contributed by atoms with E-state index in [2.05, 4.69) is 9.88 Å². The van der Waals surface area contributed by atoms with Crippen LogP contribution in [0.5, 0.6) is 0 Å². The molecule has 2 aliphatic heterocycles. The fraction of sp³-hybridized carbons (Fsp3) is 0.407. The van der Waals surface area contributed by atoms with Gasteiger partial charge in [0.05, 0.1) is 11.7 Å². The first-order valence-corrected chi connectivity index (χ1v) is 12.3. The number of piperidine rings is 1. The molecule has 8 heteroatoms. The number of halogens is 2. The van der Waals surface area contributed by atoms with Gasteiger partial charge < -0.3 is 19.5 Å². The first-order valence-electron chi connectivity index (χ1n) is 12.3. The zero-order chi connectivity index (χ0) is 24.2. The Morgan fingerprint density at radius 2 is 1.86 bits per heavy atom. The van der Waals surface area contributed by atoms with Crippen molar-refractivity contribution in [1.82, 2.24) is 19.8 Å². The van der Waals surface area contributed by atoms with E-state index < -0.39 is 11.6 Å². The number of hydrogen-bond donors (Lipinski definition) is 1. The molecule has 6 nitrogen and oxygen atoms in total. The highest BCUT2D eigenvalue weighted by molar-refractivity contribution is 5.68. The van der Waals surface area contributed by atoms with Crippen molar-refractivity contribution in [2.45, 2.75) is 50.8 Å². The third-order valence-electron chi connectivity index (χ3n) is 6.95. The lowest BCUT2D eigenvalue weighted by Crippen LogP contribution is -2.39. The van der Waals surface area contributed by atoms with Crippen LogP contribution in [-0.4, -0.2) is 46.2 Å². The van der Waals surface area contributed by atoms with Crippen molar-refractivity contribution in [3.8, 4) is 11.3 Å². The molecule has 1 N–H and O–H groups in total. The molecule has 0 bridgehead atoms. The number of rotatable bonds is 6. The second-order valence-corrected chi connectivity index (χ2v) is 9.32. The van der Waals surface area contributed by atoms with Crippen LogP contribution in [0, 0.1) is 11.6 Å². The van der Waals surface area contributed by atoms with E-state index in [-0.39, 0.29) is 24.7 Å². The quantitative estimate of drug-likeness (QED) is 0.534. The van der Waals surface area contributed by atoms with Crippen LogP contribution in [0.3, 0.4) is 0 Å². The summed E-state index contributed by atoms with van der Waals surface area (Å²) in [4.78, 5) is 19.6. The lowest BCUT2D eigenvalue weighted by atomic mass is 9.97. The maximum atomic E-state index is 13.9. The van der Waals surface area contributed by atoms with E-state index in [4.69, 9.17) is 9.72 Å². The van der Waals surface area contributed by atoms with Gasteiger partial charge in [-0.2, -0.15) is 0 Å². The molecule has 184 valence electrons. The van der Waals surface area contributed by atoms with Crippen LogP contribution in [-0.2, 0) is 17.9 Å². The maximum Gasteiger partial charge on any atom is 0.410 e. The molecule has 3 heterocycles. The minimum atomic E-state index is -0.886. The Balaban J connectivity index is 1.36. The highest BCUT2D eigenvalue weighted by Gasteiger charge is 2.32. The lowest BCUT2D eigenvalue weighted by Gasteiger charge is -2.27. The first-order chi connectivity index (χ1) is 17.1. The van der Waals surface area contributed by atoms with Crippen molar-refractivity contribution < 1.29 is 18.3 Å². The smallest absolute Gasteiger partial charge is 0.410 e. The molecule has 3 aromatic rings. The SMILES string of the molecule is O=C(OCc1ccccc1)N1CCCC1Cn1cc(-c2ccc(F)c(F)c2)nc1C1CCNCC1. The minimum Gasteiger partial charge on any atom is -0.445 e. The van der Waals surface area contributed by atoms with Gasteiger partial charge in [-0.1, -0.05) is 30.3 Å². The van der Waals surface area contributed by atoms with Crippen molar-refractivity contribution in [1.29, 1.82) is 0 Å². The van der Waals surface area contributed by atoms with Crippen LogP contribution < -0.4 is 5.32 Å². The summed E-state index contributed by atoms with van der Waals surface area (Å²) in [6.45, 7) is 3.33. The molecule has 1 unspecified atom stereocenters. The van der Waals surface area contributed by atoms with Crippen molar-refractivity contribution in [2.24, 2.45) is 0 Å². The predicted octanol–water partition coefficient (Wildman–Crippen LogP) is 5.10. The average molecular weight is 481 g/mol. The van der Waals surface area contributed by atoms with Crippen LogP contribution in [0.15, 0.2) is 54.7 Å². The molecule has 0 saturated carbocycles.